The summed E-state index contributed by atoms with van der Waals surface area (Å²) in [7, 11) is 1.57. The second-order valence-electron chi connectivity index (χ2n) is 7.91. The van der Waals surface area contributed by atoms with Gasteiger partial charge in [0.05, 0.1) is 11.7 Å². The number of rotatable bonds is 9. The zero-order valence-electron chi connectivity index (χ0n) is 16.9. The summed E-state index contributed by atoms with van der Waals surface area (Å²) in [5, 5.41) is 11.6. The van der Waals surface area contributed by atoms with E-state index in [-0.39, 0.29) is 29.9 Å². The predicted molar refractivity (Wildman–Crippen MR) is 108 cm³/mol. The normalized spacial score (nSPS) is 20.7. The Balaban J connectivity index is 2.31. The second kappa shape index (κ2) is 9.53. The van der Waals surface area contributed by atoms with Crippen LogP contribution in [-0.4, -0.2) is 47.2 Å². The number of aliphatic hydroxyl groups is 1. The van der Waals surface area contributed by atoms with E-state index in [1.165, 1.54) is 0 Å². The third-order valence-corrected chi connectivity index (χ3v) is 5.31. The van der Waals surface area contributed by atoms with E-state index in [4.69, 9.17) is 5.11 Å². The van der Waals surface area contributed by atoms with E-state index in [9.17, 15) is 14.4 Å². The molecule has 0 radical (unpaired) electrons. The minimum Gasteiger partial charge on any atom is -0.515 e. The number of ketones is 1. The SMILES string of the molecule is CNC(=O)C(Cc1ccccc1)N1CCC(CC(=O)/C=C/O)(CC(C)C)C1=O. The van der Waals surface area contributed by atoms with Crippen LogP contribution in [0.4, 0.5) is 0 Å². The van der Waals surface area contributed by atoms with E-state index in [0.717, 1.165) is 11.6 Å². The summed E-state index contributed by atoms with van der Waals surface area (Å²) in [6.45, 7) is 4.47. The van der Waals surface area contributed by atoms with Crippen LogP contribution in [0.2, 0.25) is 0 Å². The van der Waals surface area contributed by atoms with Crippen molar-refractivity contribution in [1.29, 1.82) is 0 Å². The van der Waals surface area contributed by atoms with E-state index in [2.05, 4.69) is 5.32 Å². The molecule has 28 heavy (non-hydrogen) atoms. The second-order valence-corrected chi connectivity index (χ2v) is 7.91. The molecule has 2 N–H and O–H groups in total. The minimum absolute atomic E-state index is 0.0450. The molecule has 1 saturated heterocycles. The summed E-state index contributed by atoms with van der Waals surface area (Å²) in [6.07, 6.45) is 3.37. The van der Waals surface area contributed by atoms with Gasteiger partial charge in [-0.15, -0.1) is 0 Å². The highest BCUT2D eigenvalue weighted by molar-refractivity contribution is 5.97. The van der Waals surface area contributed by atoms with Crippen molar-refractivity contribution in [3.8, 4) is 0 Å². The van der Waals surface area contributed by atoms with Crippen molar-refractivity contribution >= 4 is 17.6 Å². The first-order valence-electron chi connectivity index (χ1n) is 9.73. The van der Waals surface area contributed by atoms with Crippen molar-refractivity contribution in [2.75, 3.05) is 13.6 Å². The van der Waals surface area contributed by atoms with Gasteiger partial charge in [0.1, 0.15) is 6.04 Å². The number of amides is 2. The summed E-state index contributed by atoms with van der Waals surface area (Å²) >= 11 is 0. The Morgan fingerprint density at radius 3 is 2.54 bits per heavy atom. The van der Waals surface area contributed by atoms with Crippen molar-refractivity contribution in [1.82, 2.24) is 10.2 Å². The molecule has 152 valence electrons. The molecule has 1 aromatic carbocycles. The van der Waals surface area contributed by atoms with Crippen LogP contribution in [0.25, 0.3) is 0 Å². The number of carbonyl (C=O) groups is 3. The average Bonchev–Trinajstić information content (AvgIpc) is 2.95. The Labute approximate surface area is 166 Å². The van der Waals surface area contributed by atoms with Gasteiger partial charge in [0, 0.05) is 32.5 Å². The number of benzene rings is 1. The van der Waals surface area contributed by atoms with Gasteiger partial charge in [-0.3, -0.25) is 14.4 Å². The molecule has 2 atom stereocenters. The van der Waals surface area contributed by atoms with Crippen LogP contribution in [0, 0.1) is 11.3 Å². The summed E-state index contributed by atoms with van der Waals surface area (Å²) < 4.78 is 0. The lowest BCUT2D eigenvalue weighted by Gasteiger charge is -2.32. The fraction of sp³-hybridized carbons (Fsp3) is 0.500. The number of aliphatic hydroxyl groups excluding tert-OH is 1. The maximum atomic E-state index is 13.5. The Kier molecular flexibility index (Phi) is 7.38. The number of nitrogens with zero attached hydrogens (tertiary/aromatic N) is 1. The standard InChI is InChI=1S/C22H30N2O4/c1-16(2)14-22(15-18(26)9-12-25)10-11-24(21(22)28)19(20(27)23-3)13-17-7-5-4-6-8-17/h4-9,12,16,19,25H,10-11,13-15H2,1-3H3,(H,23,27)/b12-9+. The summed E-state index contributed by atoms with van der Waals surface area (Å²) in [5.41, 5.74) is 0.151. The lowest BCUT2D eigenvalue weighted by molar-refractivity contribution is -0.144. The van der Waals surface area contributed by atoms with Crippen molar-refractivity contribution in [3.63, 3.8) is 0 Å². The van der Waals surface area contributed by atoms with Gasteiger partial charge in [-0.05, 0) is 24.3 Å². The van der Waals surface area contributed by atoms with Crippen molar-refractivity contribution in [2.24, 2.45) is 11.3 Å². The van der Waals surface area contributed by atoms with Gasteiger partial charge in [0.2, 0.25) is 11.8 Å². The van der Waals surface area contributed by atoms with Crippen LogP contribution in [0.1, 0.15) is 38.7 Å². The monoisotopic (exact) mass is 386 g/mol. The van der Waals surface area contributed by atoms with Crippen LogP contribution in [0.5, 0.6) is 0 Å². The average molecular weight is 386 g/mol. The molecule has 1 aromatic rings. The Morgan fingerprint density at radius 1 is 1.29 bits per heavy atom. The minimum atomic E-state index is -0.826. The molecule has 0 aliphatic carbocycles. The van der Waals surface area contributed by atoms with E-state index in [1.807, 2.05) is 44.2 Å². The first-order valence-corrected chi connectivity index (χ1v) is 9.73. The fourth-order valence-electron chi connectivity index (χ4n) is 4.18. The molecule has 0 aromatic heterocycles. The third kappa shape index (κ3) is 5.00. The molecule has 1 aliphatic rings. The van der Waals surface area contributed by atoms with Gasteiger partial charge in [-0.1, -0.05) is 44.2 Å². The fourth-order valence-corrected chi connectivity index (χ4v) is 4.18. The highest BCUT2D eigenvalue weighted by atomic mass is 16.2. The smallest absolute Gasteiger partial charge is 0.242 e. The lowest BCUT2D eigenvalue weighted by Crippen LogP contribution is -2.50. The number of hydrogen-bond donors (Lipinski definition) is 2. The highest BCUT2D eigenvalue weighted by Crippen LogP contribution is 2.42. The number of likely N-dealkylation sites (tertiary alicyclic amines) is 1. The molecule has 1 fully saturated rings. The van der Waals surface area contributed by atoms with Gasteiger partial charge in [-0.2, -0.15) is 0 Å². The van der Waals surface area contributed by atoms with Crippen LogP contribution in [0.3, 0.4) is 0 Å². The van der Waals surface area contributed by atoms with E-state index >= 15 is 0 Å². The molecule has 0 saturated carbocycles. The first kappa shape index (κ1) is 21.7. The summed E-state index contributed by atoms with van der Waals surface area (Å²) in [5.74, 6) is -0.412. The predicted octanol–water partition coefficient (Wildman–Crippen LogP) is 2.64. The molecule has 2 unspecified atom stereocenters. The lowest BCUT2D eigenvalue weighted by atomic mass is 9.75. The van der Waals surface area contributed by atoms with Crippen LogP contribution in [0.15, 0.2) is 42.7 Å². The molecule has 0 spiro atoms. The van der Waals surface area contributed by atoms with Crippen LogP contribution >= 0.6 is 0 Å². The van der Waals surface area contributed by atoms with Gasteiger partial charge in [0.25, 0.3) is 0 Å². The Morgan fingerprint density at radius 2 is 1.96 bits per heavy atom. The molecule has 1 aliphatic heterocycles. The van der Waals surface area contributed by atoms with Gasteiger partial charge < -0.3 is 15.3 Å². The quantitative estimate of drug-likeness (QED) is 0.505. The summed E-state index contributed by atoms with van der Waals surface area (Å²) in [6, 6.07) is 8.99. The molecule has 6 nitrogen and oxygen atoms in total. The number of hydrogen-bond acceptors (Lipinski definition) is 4. The molecule has 0 bridgehead atoms. The van der Waals surface area contributed by atoms with E-state index in [1.54, 1.807) is 11.9 Å². The zero-order chi connectivity index (χ0) is 20.7. The highest BCUT2D eigenvalue weighted by Gasteiger charge is 2.50. The molecule has 6 heteroatoms. The first-order chi connectivity index (χ1) is 13.3. The topological polar surface area (TPSA) is 86.7 Å². The molecule has 1 heterocycles. The Hall–Kier alpha value is -2.63. The van der Waals surface area contributed by atoms with Gasteiger partial charge in [0.15, 0.2) is 5.78 Å². The van der Waals surface area contributed by atoms with Gasteiger partial charge >= 0.3 is 0 Å². The molecule has 2 amide bonds. The Bertz CT molecular complexity index is 729. The largest absolute Gasteiger partial charge is 0.515 e. The maximum absolute atomic E-state index is 13.5. The number of carbonyl (C=O) groups excluding carboxylic acids is 3. The van der Waals surface area contributed by atoms with Gasteiger partial charge in [-0.25, -0.2) is 0 Å². The third-order valence-electron chi connectivity index (χ3n) is 5.31. The molecular formula is C22H30N2O4. The van der Waals surface area contributed by atoms with Crippen molar-refractivity contribution in [3.05, 3.63) is 48.2 Å². The van der Waals surface area contributed by atoms with Crippen LogP contribution < -0.4 is 5.32 Å². The molecular weight excluding hydrogens is 356 g/mol. The van der Waals surface area contributed by atoms with Crippen molar-refractivity contribution in [2.45, 2.75) is 45.6 Å². The summed E-state index contributed by atoms with van der Waals surface area (Å²) in [4.78, 5) is 39.9. The number of nitrogens with one attached hydrogen (secondary N) is 1. The van der Waals surface area contributed by atoms with E-state index in [0.29, 0.717) is 32.1 Å². The van der Waals surface area contributed by atoms with Crippen LogP contribution in [-0.2, 0) is 20.8 Å². The van der Waals surface area contributed by atoms with E-state index < -0.39 is 11.5 Å². The zero-order valence-corrected chi connectivity index (χ0v) is 16.9. The molecule has 2 rings (SSSR count). The van der Waals surface area contributed by atoms with Crippen molar-refractivity contribution < 1.29 is 19.5 Å². The maximum Gasteiger partial charge on any atom is 0.242 e. The number of likely N-dealkylation sites (N-methyl/N-ethyl adjacent to an activating group) is 1. The number of allylic oxidation sites excluding steroid dienone is 1.